The van der Waals surface area contributed by atoms with Gasteiger partial charge in [-0.3, -0.25) is 9.59 Å². The van der Waals surface area contributed by atoms with Gasteiger partial charge in [-0.1, -0.05) is 42.0 Å². The van der Waals surface area contributed by atoms with Crippen LogP contribution < -0.4 is 14.8 Å². The number of hydrogen-bond donors (Lipinski definition) is 1. The van der Waals surface area contributed by atoms with Crippen LogP contribution in [0.5, 0.6) is 11.5 Å². The number of carbonyl (C=O) groups excluding carboxylic acids is 2. The number of benzene rings is 4. The van der Waals surface area contributed by atoms with E-state index in [0.717, 1.165) is 65.1 Å². The van der Waals surface area contributed by atoms with Crippen LogP contribution in [0.3, 0.4) is 0 Å². The van der Waals surface area contributed by atoms with E-state index in [2.05, 4.69) is 17.3 Å². The first kappa shape index (κ1) is 31.7. The van der Waals surface area contributed by atoms with Crippen LogP contribution in [0, 0.1) is 5.82 Å². The number of amides is 1. The van der Waals surface area contributed by atoms with E-state index in [9.17, 15) is 14.0 Å². The van der Waals surface area contributed by atoms with Crippen LogP contribution in [0.4, 0.5) is 10.1 Å². The predicted octanol–water partition coefficient (Wildman–Crippen LogP) is 8.32. The number of hydrogen-bond acceptors (Lipinski definition) is 5. The van der Waals surface area contributed by atoms with E-state index < -0.39 is 5.97 Å². The van der Waals surface area contributed by atoms with Gasteiger partial charge in [-0.2, -0.15) is 0 Å². The standard InChI is InChI=1S/C38H39FN2O4/c1-25(2)8-9-29-22-30(12-17-37(29)44-26(3)42)38(43)40-32-13-10-27(11-14-32)35-16-15-34(45-33-18-20-41(4)21-19-33)24-36(35)28-6-5-7-31(39)23-28/h5-8,10-17,22-24,33H,9,18-21H2,1-4H3,(H,40,43). The largest absolute Gasteiger partial charge is 0.490 e. The number of likely N-dealkylation sites (tertiary alicyclic amines) is 1. The number of piperidine rings is 1. The maximum atomic E-state index is 14.3. The van der Waals surface area contributed by atoms with Crippen LogP contribution >= 0.6 is 0 Å². The summed E-state index contributed by atoms with van der Waals surface area (Å²) in [4.78, 5) is 27.1. The van der Waals surface area contributed by atoms with Gasteiger partial charge in [-0.25, -0.2) is 4.39 Å². The molecule has 0 aromatic heterocycles. The Labute approximate surface area is 264 Å². The highest BCUT2D eigenvalue weighted by molar-refractivity contribution is 6.04. The molecule has 7 heteroatoms. The molecule has 1 saturated heterocycles. The molecule has 232 valence electrons. The van der Waals surface area contributed by atoms with Crippen molar-refractivity contribution in [1.82, 2.24) is 4.90 Å². The Morgan fingerprint density at radius 1 is 0.889 bits per heavy atom. The first-order valence-corrected chi connectivity index (χ1v) is 15.3. The monoisotopic (exact) mass is 606 g/mol. The van der Waals surface area contributed by atoms with Crippen molar-refractivity contribution >= 4 is 17.6 Å². The topological polar surface area (TPSA) is 67.9 Å². The molecule has 0 atom stereocenters. The Morgan fingerprint density at radius 2 is 1.64 bits per heavy atom. The van der Waals surface area contributed by atoms with E-state index in [4.69, 9.17) is 9.47 Å². The number of esters is 1. The maximum Gasteiger partial charge on any atom is 0.308 e. The Hall–Kier alpha value is -4.75. The number of allylic oxidation sites excluding steroid dienone is 2. The van der Waals surface area contributed by atoms with Crippen molar-refractivity contribution in [3.8, 4) is 33.8 Å². The lowest BCUT2D eigenvalue weighted by Crippen LogP contribution is -2.35. The zero-order valence-electron chi connectivity index (χ0n) is 26.2. The molecule has 45 heavy (non-hydrogen) atoms. The maximum absolute atomic E-state index is 14.3. The van der Waals surface area contributed by atoms with E-state index in [-0.39, 0.29) is 17.8 Å². The van der Waals surface area contributed by atoms with Gasteiger partial charge in [0.1, 0.15) is 23.4 Å². The molecule has 1 aliphatic rings. The fourth-order valence-corrected chi connectivity index (χ4v) is 5.42. The molecule has 0 saturated carbocycles. The summed E-state index contributed by atoms with van der Waals surface area (Å²) in [6.07, 6.45) is 4.64. The van der Waals surface area contributed by atoms with Crippen LogP contribution in [0.1, 0.15) is 49.5 Å². The van der Waals surface area contributed by atoms with E-state index in [1.54, 1.807) is 24.3 Å². The SMILES string of the molecule is CC(=O)Oc1ccc(C(=O)Nc2ccc(-c3ccc(OC4CCN(C)CC4)cc3-c3cccc(F)c3)cc2)cc1CC=C(C)C. The van der Waals surface area contributed by atoms with Crippen molar-refractivity contribution in [2.75, 3.05) is 25.5 Å². The number of halogens is 1. The molecular formula is C38H39FN2O4. The first-order valence-electron chi connectivity index (χ1n) is 15.3. The summed E-state index contributed by atoms with van der Waals surface area (Å²) in [5.41, 5.74) is 6.45. The third-order valence-corrected chi connectivity index (χ3v) is 7.86. The van der Waals surface area contributed by atoms with Crippen LogP contribution in [0.15, 0.2) is 96.6 Å². The van der Waals surface area contributed by atoms with Crippen LogP contribution in [-0.4, -0.2) is 43.0 Å². The number of nitrogens with zero attached hydrogens (tertiary/aromatic N) is 1. The van der Waals surface area contributed by atoms with Gasteiger partial charge >= 0.3 is 5.97 Å². The second kappa shape index (κ2) is 14.4. The van der Waals surface area contributed by atoms with Gasteiger partial charge in [0.05, 0.1) is 0 Å². The number of nitrogens with one attached hydrogen (secondary N) is 1. The van der Waals surface area contributed by atoms with Crippen molar-refractivity contribution in [3.63, 3.8) is 0 Å². The van der Waals surface area contributed by atoms with Gasteiger partial charge in [-0.15, -0.1) is 0 Å². The van der Waals surface area contributed by atoms with E-state index >= 15 is 0 Å². The van der Waals surface area contributed by atoms with Crippen molar-refractivity contribution in [1.29, 1.82) is 0 Å². The van der Waals surface area contributed by atoms with Gasteiger partial charge in [0.15, 0.2) is 0 Å². The highest BCUT2D eigenvalue weighted by Gasteiger charge is 2.19. The zero-order valence-corrected chi connectivity index (χ0v) is 26.2. The summed E-state index contributed by atoms with van der Waals surface area (Å²) < 4.78 is 26.0. The molecule has 6 nitrogen and oxygen atoms in total. The molecule has 1 fully saturated rings. The zero-order chi connectivity index (χ0) is 31.9. The molecule has 0 aliphatic carbocycles. The second-order valence-corrected chi connectivity index (χ2v) is 11.8. The molecule has 0 bridgehead atoms. The summed E-state index contributed by atoms with van der Waals surface area (Å²) in [5.74, 6) is 0.220. The minimum absolute atomic E-state index is 0.150. The number of anilines is 1. The highest BCUT2D eigenvalue weighted by Crippen LogP contribution is 2.36. The molecule has 0 unspecified atom stereocenters. The average Bonchev–Trinajstić information content (AvgIpc) is 3.02. The van der Waals surface area contributed by atoms with Gasteiger partial charge < -0.3 is 19.7 Å². The second-order valence-electron chi connectivity index (χ2n) is 11.8. The lowest BCUT2D eigenvalue weighted by molar-refractivity contribution is -0.131. The lowest BCUT2D eigenvalue weighted by atomic mass is 9.94. The predicted molar refractivity (Wildman–Crippen MR) is 177 cm³/mol. The van der Waals surface area contributed by atoms with Crippen molar-refractivity contribution in [2.45, 2.75) is 46.1 Å². The normalized spacial score (nSPS) is 13.6. The molecule has 5 rings (SSSR count). The minimum atomic E-state index is -0.411. The molecule has 1 aliphatic heterocycles. The molecular weight excluding hydrogens is 567 g/mol. The molecule has 1 amide bonds. The molecule has 1 N–H and O–H groups in total. The van der Waals surface area contributed by atoms with Crippen LogP contribution in [0.2, 0.25) is 0 Å². The van der Waals surface area contributed by atoms with Gasteiger partial charge in [0, 0.05) is 31.3 Å². The van der Waals surface area contributed by atoms with Crippen molar-refractivity contribution in [3.05, 3.63) is 114 Å². The van der Waals surface area contributed by atoms with Crippen molar-refractivity contribution < 1.29 is 23.5 Å². The van der Waals surface area contributed by atoms with Gasteiger partial charge in [-0.05, 0) is 123 Å². The fraction of sp³-hybridized carbons (Fsp3) is 0.263. The highest BCUT2D eigenvalue weighted by atomic mass is 19.1. The lowest BCUT2D eigenvalue weighted by Gasteiger charge is -2.29. The molecule has 4 aromatic rings. The molecule has 1 heterocycles. The quantitative estimate of drug-likeness (QED) is 0.118. The van der Waals surface area contributed by atoms with Crippen molar-refractivity contribution in [2.24, 2.45) is 0 Å². The number of carbonyl (C=O) groups is 2. The Balaban J connectivity index is 1.37. The van der Waals surface area contributed by atoms with Crippen LogP contribution in [0.25, 0.3) is 22.3 Å². The Kier molecular flexibility index (Phi) is 10.1. The number of rotatable bonds is 9. The Morgan fingerprint density at radius 3 is 2.33 bits per heavy atom. The van der Waals surface area contributed by atoms with Gasteiger partial charge in [0.25, 0.3) is 5.91 Å². The molecule has 0 spiro atoms. The summed E-state index contributed by atoms with van der Waals surface area (Å²) >= 11 is 0. The van der Waals surface area contributed by atoms with E-state index in [1.165, 1.54) is 19.1 Å². The Bertz CT molecular complexity index is 1700. The fourth-order valence-electron chi connectivity index (χ4n) is 5.42. The first-order chi connectivity index (χ1) is 21.6. The third-order valence-electron chi connectivity index (χ3n) is 7.86. The summed E-state index contributed by atoms with van der Waals surface area (Å²) in [5, 5.41) is 2.97. The minimum Gasteiger partial charge on any atom is -0.490 e. The van der Waals surface area contributed by atoms with Gasteiger partial charge in [0.2, 0.25) is 0 Å². The van der Waals surface area contributed by atoms with E-state index in [1.807, 2.05) is 68.5 Å². The van der Waals surface area contributed by atoms with Crippen LogP contribution in [-0.2, 0) is 11.2 Å². The average molecular weight is 607 g/mol. The molecule has 4 aromatic carbocycles. The summed E-state index contributed by atoms with van der Waals surface area (Å²) in [6.45, 7) is 7.34. The number of ether oxygens (including phenoxy) is 2. The third kappa shape index (κ3) is 8.46. The van der Waals surface area contributed by atoms with E-state index in [0.29, 0.717) is 23.4 Å². The molecule has 0 radical (unpaired) electrons. The summed E-state index contributed by atoms with van der Waals surface area (Å²) in [7, 11) is 2.12. The summed E-state index contributed by atoms with van der Waals surface area (Å²) in [6, 6.07) is 25.2. The smallest absolute Gasteiger partial charge is 0.308 e.